The van der Waals surface area contributed by atoms with Crippen molar-refractivity contribution in [1.29, 1.82) is 0 Å². The molecule has 0 unspecified atom stereocenters. The van der Waals surface area contributed by atoms with Crippen molar-refractivity contribution in [3.05, 3.63) is 34.4 Å². The topological polar surface area (TPSA) is 76.9 Å². The lowest BCUT2D eigenvalue weighted by Crippen LogP contribution is -2.36. The van der Waals surface area contributed by atoms with Gasteiger partial charge in [-0.05, 0) is 25.0 Å². The summed E-state index contributed by atoms with van der Waals surface area (Å²) in [7, 11) is 0. The first-order valence-corrected chi connectivity index (χ1v) is 6.68. The molecule has 0 fully saturated rings. The minimum atomic E-state index is -0.434. The molecule has 0 bridgehead atoms. The molecule has 0 aromatic carbocycles. The summed E-state index contributed by atoms with van der Waals surface area (Å²) in [6.07, 6.45) is 1.61. The molecule has 106 valence electrons. The Hall–Kier alpha value is -2.24. The highest BCUT2D eigenvalue weighted by atomic mass is 16.2. The summed E-state index contributed by atoms with van der Waals surface area (Å²) in [5, 5.41) is 2.72. The molecule has 0 spiro atoms. The molecule has 2 heterocycles. The van der Waals surface area contributed by atoms with Crippen molar-refractivity contribution in [1.82, 2.24) is 19.9 Å². The predicted molar refractivity (Wildman–Crippen MR) is 76.6 cm³/mol. The van der Waals surface area contributed by atoms with Gasteiger partial charge in [-0.3, -0.25) is 14.2 Å². The number of aromatic nitrogens is 3. The van der Waals surface area contributed by atoms with Crippen molar-refractivity contribution in [3.8, 4) is 0 Å². The Morgan fingerprint density at radius 3 is 2.85 bits per heavy atom. The summed E-state index contributed by atoms with van der Waals surface area (Å²) in [5.41, 5.74) is 0.567. The van der Waals surface area contributed by atoms with Crippen molar-refractivity contribution in [2.24, 2.45) is 5.92 Å². The monoisotopic (exact) mass is 274 g/mol. The second kappa shape index (κ2) is 5.81. The van der Waals surface area contributed by atoms with E-state index in [4.69, 9.17) is 0 Å². The number of amides is 1. The molecule has 0 atom stereocenters. The number of nitrogens with one attached hydrogen (secondary N) is 1. The molecule has 6 nitrogen and oxygen atoms in total. The van der Waals surface area contributed by atoms with Gasteiger partial charge in [-0.1, -0.05) is 13.8 Å². The molecule has 0 saturated carbocycles. The summed E-state index contributed by atoms with van der Waals surface area (Å²) >= 11 is 0. The zero-order valence-corrected chi connectivity index (χ0v) is 11.9. The van der Waals surface area contributed by atoms with Crippen LogP contribution in [0.2, 0.25) is 0 Å². The number of carbonyl (C=O) groups is 1. The molecule has 0 radical (unpaired) electrons. The van der Waals surface area contributed by atoms with Crippen LogP contribution in [0.25, 0.3) is 11.2 Å². The van der Waals surface area contributed by atoms with Crippen LogP contribution in [0.4, 0.5) is 0 Å². The Labute approximate surface area is 116 Å². The third-order valence-corrected chi connectivity index (χ3v) is 2.90. The van der Waals surface area contributed by atoms with Crippen molar-refractivity contribution < 1.29 is 4.79 Å². The van der Waals surface area contributed by atoms with Crippen LogP contribution >= 0.6 is 0 Å². The number of rotatable bonds is 4. The molecule has 2 aromatic heterocycles. The highest BCUT2D eigenvalue weighted by molar-refractivity contribution is 5.93. The van der Waals surface area contributed by atoms with Gasteiger partial charge in [0.1, 0.15) is 5.52 Å². The molecule has 2 rings (SSSR count). The minimum absolute atomic E-state index is 0.0759. The van der Waals surface area contributed by atoms with E-state index in [-0.39, 0.29) is 5.69 Å². The Morgan fingerprint density at radius 2 is 2.20 bits per heavy atom. The fraction of sp³-hybridized carbons (Fsp3) is 0.429. The predicted octanol–water partition coefficient (Wildman–Crippen LogP) is 1.20. The summed E-state index contributed by atoms with van der Waals surface area (Å²) < 4.78 is 1.46. The molecule has 6 heteroatoms. The highest BCUT2D eigenvalue weighted by Crippen LogP contribution is 2.06. The van der Waals surface area contributed by atoms with Gasteiger partial charge in [0.2, 0.25) is 0 Å². The fourth-order valence-electron chi connectivity index (χ4n) is 1.90. The van der Waals surface area contributed by atoms with Crippen molar-refractivity contribution >= 4 is 17.1 Å². The number of nitrogens with zero attached hydrogens (tertiary/aromatic N) is 3. The standard InChI is InChI=1S/C14H18N4O2/c1-4-18-12-10(6-5-7-15-12)17-11(14(18)20)13(19)16-8-9(2)3/h5-7,9H,4,8H2,1-3H3,(H,16,19). The number of aryl methyl sites for hydroxylation is 1. The van der Waals surface area contributed by atoms with Gasteiger partial charge in [-0.25, -0.2) is 9.97 Å². The molecule has 20 heavy (non-hydrogen) atoms. The van der Waals surface area contributed by atoms with E-state index in [9.17, 15) is 9.59 Å². The van der Waals surface area contributed by atoms with Crippen LogP contribution in [0.1, 0.15) is 31.3 Å². The number of pyridine rings is 1. The van der Waals surface area contributed by atoms with E-state index in [2.05, 4.69) is 15.3 Å². The van der Waals surface area contributed by atoms with Crippen molar-refractivity contribution in [3.63, 3.8) is 0 Å². The third kappa shape index (κ3) is 2.68. The number of carbonyl (C=O) groups excluding carboxylic acids is 1. The van der Waals surface area contributed by atoms with E-state index in [1.54, 1.807) is 18.3 Å². The first-order chi connectivity index (χ1) is 9.54. The molecule has 1 amide bonds. The van der Waals surface area contributed by atoms with E-state index in [0.717, 1.165) is 0 Å². The van der Waals surface area contributed by atoms with Crippen LogP contribution < -0.4 is 10.9 Å². The Kier molecular flexibility index (Phi) is 4.12. The number of fused-ring (bicyclic) bond motifs is 1. The van der Waals surface area contributed by atoms with E-state index in [0.29, 0.717) is 30.2 Å². The van der Waals surface area contributed by atoms with Gasteiger partial charge in [0.15, 0.2) is 11.3 Å². The van der Waals surface area contributed by atoms with Crippen LogP contribution in [0.3, 0.4) is 0 Å². The fourth-order valence-corrected chi connectivity index (χ4v) is 1.90. The van der Waals surface area contributed by atoms with Gasteiger partial charge in [0.25, 0.3) is 11.5 Å². The van der Waals surface area contributed by atoms with Crippen LogP contribution in [-0.2, 0) is 6.54 Å². The van der Waals surface area contributed by atoms with E-state index in [1.807, 2.05) is 20.8 Å². The van der Waals surface area contributed by atoms with Crippen molar-refractivity contribution in [2.75, 3.05) is 6.54 Å². The van der Waals surface area contributed by atoms with E-state index >= 15 is 0 Å². The first-order valence-electron chi connectivity index (χ1n) is 6.68. The molecule has 2 aromatic rings. The molecule has 0 aliphatic heterocycles. The molecule has 0 aliphatic carbocycles. The zero-order valence-electron chi connectivity index (χ0n) is 11.9. The first kappa shape index (κ1) is 14.2. The van der Waals surface area contributed by atoms with Crippen LogP contribution in [-0.4, -0.2) is 27.0 Å². The van der Waals surface area contributed by atoms with E-state index < -0.39 is 11.5 Å². The molecule has 0 aliphatic rings. The van der Waals surface area contributed by atoms with Crippen LogP contribution in [0, 0.1) is 5.92 Å². The molecular formula is C14H18N4O2. The molecular weight excluding hydrogens is 256 g/mol. The lowest BCUT2D eigenvalue weighted by molar-refractivity contribution is 0.0942. The van der Waals surface area contributed by atoms with Gasteiger partial charge in [0.05, 0.1) is 0 Å². The average Bonchev–Trinajstić information content (AvgIpc) is 2.44. The number of hydrogen-bond acceptors (Lipinski definition) is 4. The Bertz CT molecular complexity index is 691. The van der Waals surface area contributed by atoms with Gasteiger partial charge >= 0.3 is 0 Å². The quantitative estimate of drug-likeness (QED) is 0.908. The summed E-state index contributed by atoms with van der Waals surface area (Å²) in [6, 6.07) is 3.47. The maximum Gasteiger partial charge on any atom is 0.283 e. The molecule has 0 saturated heterocycles. The summed E-state index contributed by atoms with van der Waals surface area (Å²) in [4.78, 5) is 32.7. The van der Waals surface area contributed by atoms with Crippen LogP contribution in [0.5, 0.6) is 0 Å². The van der Waals surface area contributed by atoms with Crippen molar-refractivity contribution in [2.45, 2.75) is 27.3 Å². The smallest absolute Gasteiger partial charge is 0.283 e. The zero-order chi connectivity index (χ0) is 14.7. The minimum Gasteiger partial charge on any atom is -0.350 e. The van der Waals surface area contributed by atoms with E-state index in [1.165, 1.54) is 4.57 Å². The van der Waals surface area contributed by atoms with Gasteiger partial charge < -0.3 is 5.32 Å². The van der Waals surface area contributed by atoms with Gasteiger partial charge in [0, 0.05) is 19.3 Å². The highest BCUT2D eigenvalue weighted by Gasteiger charge is 2.17. The SMILES string of the molecule is CCn1c(=O)c(C(=O)NCC(C)C)nc2cccnc21. The molecule has 1 N–H and O–H groups in total. The Morgan fingerprint density at radius 1 is 1.45 bits per heavy atom. The average molecular weight is 274 g/mol. The largest absolute Gasteiger partial charge is 0.350 e. The maximum absolute atomic E-state index is 12.3. The van der Waals surface area contributed by atoms with Gasteiger partial charge in [-0.15, -0.1) is 0 Å². The summed E-state index contributed by atoms with van der Waals surface area (Å²) in [5.74, 6) is -0.119. The maximum atomic E-state index is 12.3. The van der Waals surface area contributed by atoms with Crippen LogP contribution in [0.15, 0.2) is 23.1 Å². The second-order valence-electron chi connectivity index (χ2n) is 4.96. The lowest BCUT2D eigenvalue weighted by Gasteiger charge is -2.10. The summed E-state index contributed by atoms with van der Waals surface area (Å²) in [6.45, 7) is 6.77. The Balaban J connectivity index is 2.51. The normalized spacial score (nSPS) is 11.0. The lowest BCUT2D eigenvalue weighted by atomic mass is 10.2. The third-order valence-electron chi connectivity index (χ3n) is 2.90. The second-order valence-corrected chi connectivity index (χ2v) is 4.96. The van der Waals surface area contributed by atoms with Gasteiger partial charge in [-0.2, -0.15) is 0 Å². The number of hydrogen-bond donors (Lipinski definition) is 1.